The van der Waals surface area contributed by atoms with Crippen molar-refractivity contribution in [2.24, 2.45) is 0 Å². The van der Waals surface area contributed by atoms with Crippen LogP contribution in [-0.2, 0) is 6.54 Å². The Morgan fingerprint density at radius 2 is 2.29 bits per heavy atom. The first kappa shape index (κ1) is 11.3. The highest BCUT2D eigenvalue weighted by Gasteiger charge is 1.97. The van der Waals surface area contributed by atoms with E-state index in [0.29, 0.717) is 0 Å². The number of furan rings is 1. The number of hydrogen-bond donors (Lipinski definition) is 1. The van der Waals surface area contributed by atoms with E-state index in [1.165, 1.54) is 13.0 Å². The van der Waals surface area contributed by atoms with Gasteiger partial charge in [0.15, 0.2) is 0 Å². The fourth-order valence-corrected chi connectivity index (χ4v) is 1.39. The minimum Gasteiger partial charge on any atom is -0.468 e. The second kappa shape index (κ2) is 6.62. The average molecular weight is 196 g/mol. The van der Waals surface area contributed by atoms with Crippen LogP contribution in [0.2, 0.25) is 0 Å². The smallest absolute Gasteiger partial charge is 0.117 e. The maximum atomic E-state index is 5.21. The monoisotopic (exact) mass is 196 g/mol. The van der Waals surface area contributed by atoms with E-state index in [1.54, 1.807) is 6.26 Å². The van der Waals surface area contributed by atoms with Crippen LogP contribution in [0.4, 0.5) is 0 Å². The van der Waals surface area contributed by atoms with Crippen molar-refractivity contribution >= 4 is 0 Å². The van der Waals surface area contributed by atoms with E-state index in [9.17, 15) is 0 Å². The Balaban J connectivity index is 1.99. The lowest BCUT2D eigenvalue weighted by molar-refractivity contribution is 0.329. The molecule has 3 heteroatoms. The van der Waals surface area contributed by atoms with Crippen LogP contribution in [-0.4, -0.2) is 31.6 Å². The van der Waals surface area contributed by atoms with E-state index >= 15 is 0 Å². The van der Waals surface area contributed by atoms with Crippen LogP contribution in [0.5, 0.6) is 0 Å². The zero-order chi connectivity index (χ0) is 10.2. The molecule has 0 fully saturated rings. The minimum absolute atomic E-state index is 0.826. The van der Waals surface area contributed by atoms with E-state index in [-0.39, 0.29) is 0 Å². The topological polar surface area (TPSA) is 28.4 Å². The van der Waals surface area contributed by atoms with E-state index < -0.39 is 0 Å². The first-order valence-corrected chi connectivity index (χ1v) is 5.24. The van der Waals surface area contributed by atoms with Gasteiger partial charge in [-0.25, -0.2) is 0 Å². The molecule has 1 N–H and O–H groups in total. The molecular weight excluding hydrogens is 176 g/mol. The summed E-state index contributed by atoms with van der Waals surface area (Å²) < 4.78 is 5.21. The standard InChI is InChI=1S/C11H20N2O/c1-3-7-13(2)8-6-12-10-11-5-4-9-14-11/h4-5,9,12H,3,6-8,10H2,1-2H3. The molecule has 0 amide bonds. The van der Waals surface area contributed by atoms with Crippen molar-refractivity contribution in [2.75, 3.05) is 26.7 Å². The molecule has 0 radical (unpaired) electrons. The van der Waals surface area contributed by atoms with Crippen LogP contribution in [0.25, 0.3) is 0 Å². The van der Waals surface area contributed by atoms with Crippen molar-refractivity contribution in [2.45, 2.75) is 19.9 Å². The van der Waals surface area contributed by atoms with Gasteiger partial charge in [0.1, 0.15) is 5.76 Å². The van der Waals surface area contributed by atoms with Gasteiger partial charge in [0.25, 0.3) is 0 Å². The van der Waals surface area contributed by atoms with Gasteiger partial charge in [-0.15, -0.1) is 0 Å². The fraction of sp³-hybridized carbons (Fsp3) is 0.636. The molecule has 0 unspecified atom stereocenters. The molecule has 80 valence electrons. The second-order valence-electron chi connectivity index (χ2n) is 3.56. The van der Waals surface area contributed by atoms with Gasteiger partial charge in [0.05, 0.1) is 12.8 Å². The van der Waals surface area contributed by atoms with Gasteiger partial charge >= 0.3 is 0 Å². The number of hydrogen-bond acceptors (Lipinski definition) is 3. The summed E-state index contributed by atoms with van der Waals surface area (Å²) in [4.78, 5) is 2.33. The predicted octanol–water partition coefficient (Wildman–Crippen LogP) is 1.71. The third-order valence-electron chi connectivity index (χ3n) is 2.15. The molecule has 0 aliphatic heterocycles. The summed E-state index contributed by atoms with van der Waals surface area (Å²) in [7, 11) is 2.15. The van der Waals surface area contributed by atoms with Crippen molar-refractivity contribution in [3.05, 3.63) is 24.2 Å². The van der Waals surface area contributed by atoms with E-state index in [4.69, 9.17) is 4.42 Å². The Hall–Kier alpha value is -0.800. The summed E-state index contributed by atoms with van der Waals surface area (Å²) in [6.45, 7) is 6.30. The fourth-order valence-electron chi connectivity index (χ4n) is 1.39. The lowest BCUT2D eigenvalue weighted by Crippen LogP contribution is -2.29. The first-order chi connectivity index (χ1) is 6.83. The highest BCUT2D eigenvalue weighted by atomic mass is 16.3. The molecule has 1 aromatic heterocycles. The third kappa shape index (κ3) is 4.44. The van der Waals surface area contributed by atoms with Crippen LogP contribution in [0.15, 0.2) is 22.8 Å². The highest BCUT2D eigenvalue weighted by molar-refractivity contribution is 4.97. The quantitative estimate of drug-likeness (QED) is 0.673. The Morgan fingerprint density at radius 3 is 2.93 bits per heavy atom. The van der Waals surface area contributed by atoms with Gasteiger partial charge in [-0.3, -0.25) is 0 Å². The molecule has 0 aromatic carbocycles. The Kier molecular flexibility index (Phi) is 5.33. The molecule has 1 heterocycles. The summed E-state index contributed by atoms with van der Waals surface area (Å²) in [5, 5.41) is 3.34. The summed E-state index contributed by atoms with van der Waals surface area (Å²) in [5.41, 5.74) is 0. The molecule has 0 saturated carbocycles. The van der Waals surface area contributed by atoms with Crippen LogP contribution >= 0.6 is 0 Å². The van der Waals surface area contributed by atoms with Gasteiger partial charge in [0, 0.05) is 13.1 Å². The van der Waals surface area contributed by atoms with E-state index in [0.717, 1.165) is 25.4 Å². The van der Waals surface area contributed by atoms with Gasteiger partial charge in [-0.2, -0.15) is 0 Å². The predicted molar refractivity (Wildman–Crippen MR) is 58.2 cm³/mol. The maximum Gasteiger partial charge on any atom is 0.117 e. The lowest BCUT2D eigenvalue weighted by Gasteiger charge is -2.15. The van der Waals surface area contributed by atoms with E-state index in [1.807, 2.05) is 12.1 Å². The van der Waals surface area contributed by atoms with Gasteiger partial charge in [0.2, 0.25) is 0 Å². The Morgan fingerprint density at radius 1 is 1.43 bits per heavy atom. The zero-order valence-electron chi connectivity index (χ0n) is 9.12. The summed E-state index contributed by atoms with van der Waals surface area (Å²) in [5.74, 6) is 1.00. The molecule has 3 nitrogen and oxygen atoms in total. The molecule has 1 rings (SSSR count). The number of rotatable bonds is 7. The van der Waals surface area contributed by atoms with Crippen LogP contribution in [0, 0.1) is 0 Å². The zero-order valence-corrected chi connectivity index (χ0v) is 9.12. The molecule has 0 spiro atoms. The summed E-state index contributed by atoms with van der Waals surface area (Å²) in [6.07, 6.45) is 2.93. The average Bonchev–Trinajstić information content (AvgIpc) is 2.65. The van der Waals surface area contributed by atoms with E-state index in [2.05, 4.69) is 24.2 Å². The van der Waals surface area contributed by atoms with Crippen molar-refractivity contribution < 1.29 is 4.42 Å². The van der Waals surface area contributed by atoms with Crippen LogP contribution < -0.4 is 5.32 Å². The van der Waals surface area contributed by atoms with Crippen molar-refractivity contribution in [1.29, 1.82) is 0 Å². The number of nitrogens with zero attached hydrogens (tertiary/aromatic N) is 1. The molecule has 0 aliphatic carbocycles. The SMILES string of the molecule is CCCN(C)CCNCc1ccco1. The minimum atomic E-state index is 0.826. The molecular formula is C11H20N2O. The highest BCUT2D eigenvalue weighted by Crippen LogP contribution is 1.97. The molecule has 0 saturated heterocycles. The van der Waals surface area contributed by atoms with Crippen molar-refractivity contribution in [3.63, 3.8) is 0 Å². The van der Waals surface area contributed by atoms with Gasteiger partial charge < -0.3 is 14.6 Å². The second-order valence-corrected chi connectivity index (χ2v) is 3.56. The normalized spacial score (nSPS) is 11.1. The van der Waals surface area contributed by atoms with Gasteiger partial charge in [-0.05, 0) is 32.1 Å². The largest absolute Gasteiger partial charge is 0.468 e. The number of likely N-dealkylation sites (N-methyl/N-ethyl adjacent to an activating group) is 1. The summed E-state index contributed by atoms with van der Waals surface area (Å²) >= 11 is 0. The van der Waals surface area contributed by atoms with Crippen LogP contribution in [0.1, 0.15) is 19.1 Å². The summed E-state index contributed by atoms with van der Waals surface area (Å²) in [6, 6.07) is 3.91. The molecule has 0 aliphatic rings. The number of nitrogens with one attached hydrogen (secondary N) is 1. The Labute approximate surface area is 86.1 Å². The molecule has 14 heavy (non-hydrogen) atoms. The van der Waals surface area contributed by atoms with Crippen LogP contribution in [0.3, 0.4) is 0 Å². The molecule has 0 atom stereocenters. The third-order valence-corrected chi connectivity index (χ3v) is 2.15. The van der Waals surface area contributed by atoms with Crippen molar-refractivity contribution in [3.8, 4) is 0 Å². The Bertz CT molecular complexity index is 221. The van der Waals surface area contributed by atoms with Crippen molar-refractivity contribution in [1.82, 2.24) is 10.2 Å². The molecule has 0 bridgehead atoms. The molecule has 1 aromatic rings. The lowest BCUT2D eigenvalue weighted by atomic mass is 10.4. The first-order valence-electron chi connectivity index (χ1n) is 5.24. The maximum absolute atomic E-state index is 5.21. The van der Waals surface area contributed by atoms with Gasteiger partial charge in [-0.1, -0.05) is 6.92 Å².